The van der Waals surface area contributed by atoms with Crippen molar-refractivity contribution in [3.63, 3.8) is 0 Å². The first kappa shape index (κ1) is 25.5. The molecule has 2 heterocycles. The van der Waals surface area contributed by atoms with E-state index in [1.807, 2.05) is 23.3 Å². The normalized spacial score (nSPS) is 24.3. The van der Waals surface area contributed by atoms with Crippen LogP contribution in [0.2, 0.25) is 0 Å². The minimum atomic E-state index is -1.01. The van der Waals surface area contributed by atoms with Gasteiger partial charge in [-0.2, -0.15) is 0 Å². The van der Waals surface area contributed by atoms with E-state index in [9.17, 15) is 4.79 Å². The molecule has 0 radical (unpaired) electrons. The molecule has 2 saturated heterocycles. The van der Waals surface area contributed by atoms with E-state index in [1.165, 1.54) is 16.7 Å². The zero-order valence-corrected chi connectivity index (χ0v) is 23.0. The average Bonchev–Trinajstić information content (AvgIpc) is 3.31. The molecule has 2 aliphatic heterocycles. The molecular weight excluding hydrogens is 480 g/mol. The lowest BCUT2D eigenvalue weighted by atomic mass is 9.71. The van der Waals surface area contributed by atoms with E-state index in [1.54, 1.807) is 0 Å². The third-order valence-electron chi connectivity index (χ3n) is 8.56. The smallest absolute Gasteiger partial charge is 0.176 e. The topological polar surface area (TPSA) is 32.8 Å². The van der Waals surface area contributed by atoms with Crippen molar-refractivity contribution in [2.24, 2.45) is 0 Å². The van der Waals surface area contributed by atoms with Crippen LogP contribution in [-0.4, -0.2) is 29.4 Å². The van der Waals surface area contributed by atoms with Crippen molar-refractivity contribution in [1.82, 2.24) is 4.90 Å². The maximum atomic E-state index is 14.2. The molecule has 1 unspecified atom stereocenters. The zero-order chi connectivity index (χ0) is 27.0. The van der Waals surface area contributed by atoms with Crippen molar-refractivity contribution in [1.29, 1.82) is 0 Å². The molecule has 4 nitrogen and oxygen atoms in total. The number of likely N-dealkylation sites (tertiary alicyclic amines) is 1. The van der Waals surface area contributed by atoms with Crippen LogP contribution in [0.4, 0.5) is 5.69 Å². The Balaban J connectivity index is 1.51. The molecule has 0 saturated carbocycles. The lowest BCUT2D eigenvalue weighted by Crippen LogP contribution is -2.58. The Morgan fingerprint density at radius 3 is 1.95 bits per heavy atom. The number of aryl methyl sites for hydroxylation is 2. The highest BCUT2D eigenvalue weighted by Crippen LogP contribution is 2.55. The summed E-state index contributed by atoms with van der Waals surface area (Å²) in [5.74, 6) is -0.000542. The lowest BCUT2D eigenvalue weighted by molar-refractivity contribution is -0.151. The van der Waals surface area contributed by atoms with Crippen LogP contribution in [0, 0.1) is 13.8 Å². The first-order chi connectivity index (χ1) is 19.0. The summed E-state index contributed by atoms with van der Waals surface area (Å²) in [4.78, 5) is 23.7. The zero-order valence-electron chi connectivity index (χ0n) is 23.0. The van der Waals surface area contributed by atoms with E-state index in [2.05, 4.69) is 117 Å². The van der Waals surface area contributed by atoms with Crippen molar-refractivity contribution in [3.05, 3.63) is 137 Å². The van der Waals surface area contributed by atoms with E-state index in [0.29, 0.717) is 13.0 Å². The van der Waals surface area contributed by atoms with Gasteiger partial charge in [-0.15, -0.1) is 0 Å². The maximum Gasteiger partial charge on any atom is 0.176 e. The van der Waals surface area contributed by atoms with Crippen LogP contribution in [0.5, 0.6) is 0 Å². The Labute approximate surface area is 231 Å². The maximum absolute atomic E-state index is 14.2. The van der Waals surface area contributed by atoms with Gasteiger partial charge in [0.25, 0.3) is 0 Å². The summed E-state index contributed by atoms with van der Waals surface area (Å²) < 4.78 is 0. The highest BCUT2D eigenvalue weighted by atomic mass is 16.7. The molecule has 1 spiro atoms. The predicted octanol–water partition coefficient (Wildman–Crippen LogP) is 7.35. The van der Waals surface area contributed by atoms with Gasteiger partial charge in [0, 0.05) is 25.6 Å². The molecule has 0 amide bonds. The standard InChI is InChI=1S/C35H36N2O2/c1-25-14-18-29(19-15-25)33-34(30-20-16-26(2)17-21-30)37(31-12-8-5-9-13-31)39-35(33)24-36(23-22-32(35)38)27(3)28-10-6-4-7-11-28/h4-21,27,33-34H,22-24H2,1-3H3/t27-,33-,34-,35?/m0/s1. The molecule has 4 aromatic rings. The van der Waals surface area contributed by atoms with E-state index < -0.39 is 5.60 Å². The fourth-order valence-corrected chi connectivity index (χ4v) is 6.33. The number of benzene rings is 4. The number of ketones is 1. The number of piperidine rings is 1. The fraction of sp³-hybridized carbons (Fsp3) is 0.286. The summed E-state index contributed by atoms with van der Waals surface area (Å²) in [7, 11) is 0. The molecule has 4 heteroatoms. The first-order valence-electron chi connectivity index (χ1n) is 13.9. The van der Waals surface area contributed by atoms with Gasteiger partial charge in [-0.3, -0.25) is 14.5 Å². The van der Waals surface area contributed by atoms with Gasteiger partial charge in [0.15, 0.2) is 11.4 Å². The SMILES string of the molecule is Cc1ccc([C@H]2[C@H](c3ccc(C)cc3)C3(CN([C@@H](C)c4ccccc4)CCC3=O)ON2c2ccccc2)cc1. The summed E-state index contributed by atoms with van der Waals surface area (Å²) in [6.07, 6.45) is 0.461. The van der Waals surface area contributed by atoms with Crippen LogP contribution in [0.15, 0.2) is 109 Å². The average molecular weight is 517 g/mol. The number of Topliss-reactive ketones (excluding diaryl/α,β-unsaturated/α-hetero) is 1. The van der Waals surface area contributed by atoms with Gasteiger partial charge < -0.3 is 0 Å². The van der Waals surface area contributed by atoms with Crippen LogP contribution >= 0.6 is 0 Å². The molecule has 2 fully saturated rings. The van der Waals surface area contributed by atoms with Crippen molar-refractivity contribution >= 4 is 11.5 Å². The minimum absolute atomic E-state index is 0.161. The molecule has 0 bridgehead atoms. The third-order valence-corrected chi connectivity index (χ3v) is 8.56. The number of carbonyl (C=O) groups is 1. The second-order valence-electron chi connectivity index (χ2n) is 11.1. The van der Waals surface area contributed by atoms with Gasteiger partial charge in [-0.25, -0.2) is 5.06 Å². The summed E-state index contributed by atoms with van der Waals surface area (Å²) in [5, 5.41) is 2.02. The van der Waals surface area contributed by atoms with Crippen LogP contribution in [0.25, 0.3) is 0 Å². The van der Waals surface area contributed by atoms with Gasteiger partial charge >= 0.3 is 0 Å². The van der Waals surface area contributed by atoms with E-state index in [4.69, 9.17) is 4.84 Å². The monoisotopic (exact) mass is 516 g/mol. The Kier molecular flexibility index (Phi) is 6.84. The highest BCUT2D eigenvalue weighted by molar-refractivity contribution is 5.91. The number of para-hydroxylation sites is 1. The number of hydrogen-bond acceptors (Lipinski definition) is 4. The van der Waals surface area contributed by atoms with Gasteiger partial charge in [0.05, 0.1) is 17.6 Å². The first-order valence-corrected chi connectivity index (χ1v) is 13.9. The predicted molar refractivity (Wildman–Crippen MR) is 157 cm³/mol. The Bertz CT molecular complexity index is 1420. The number of hydroxylamine groups is 1. The van der Waals surface area contributed by atoms with Crippen LogP contribution < -0.4 is 5.06 Å². The number of nitrogens with zero attached hydrogens (tertiary/aromatic N) is 2. The number of hydrogen-bond donors (Lipinski definition) is 0. The van der Waals surface area contributed by atoms with Crippen molar-refractivity contribution in [2.45, 2.75) is 50.8 Å². The molecule has 39 heavy (non-hydrogen) atoms. The molecule has 4 aromatic carbocycles. The summed E-state index contributed by atoms with van der Waals surface area (Å²) in [6, 6.07) is 38.2. The molecule has 0 aromatic heterocycles. The van der Waals surface area contributed by atoms with Crippen molar-refractivity contribution in [2.75, 3.05) is 18.2 Å². The fourth-order valence-electron chi connectivity index (χ4n) is 6.33. The second-order valence-corrected chi connectivity index (χ2v) is 11.1. The van der Waals surface area contributed by atoms with Gasteiger partial charge in [0.1, 0.15) is 0 Å². The Morgan fingerprint density at radius 1 is 0.769 bits per heavy atom. The van der Waals surface area contributed by atoms with Gasteiger partial charge in [-0.05, 0) is 49.6 Å². The summed E-state index contributed by atoms with van der Waals surface area (Å²) in [6.45, 7) is 7.71. The lowest BCUT2D eigenvalue weighted by Gasteiger charge is -2.43. The Morgan fingerprint density at radius 2 is 1.33 bits per heavy atom. The van der Waals surface area contributed by atoms with Crippen molar-refractivity contribution in [3.8, 4) is 0 Å². The molecule has 0 N–H and O–H groups in total. The highest BCUT2D eigenvalue weighted by Gasteiger charge is 2.61. The number of carbonyl (C=O) groups excluding carboxylic acids is 1. The van der Waals surface area contributed by atoms with Crippen molar-refractivity contribution < 1.29 is 9.63 Å². The van der Waals surface area contributed by atoms with Crippen LogP contribution in [0.1, 0.15) is 59.2 Å². The molecule has 6 rings (SSSR count). The van der Waals surface area contributed by atoms with Gasteiger partial charge in [0.2, 0.25) is 0 Å². The molecule has 2 aliphatic rings. The van der Waals surface area contributed by atoms with Crippen LogP contribution in [0.3, 0.4) is 0 Å². The molecule has 4 atom stereocenters. The molecule has 198 valence electrons. The molecule has 0 aliphatic carbocycles. The van der Waals surface area contributed by atoms with E-state index >= 15 is 0 Å². The third kappa shape index (κ3) is 4.69. The van der Waals surface area contributed by atoms with E-state index in [0.717, 1.165) is 23.4 Å². The van der Waals surface area contributed by atoms with E-state index in [-0.39, 0.29) is 23.8 Å². The Hall–Kier alpha value is -3.73. The minimum Gasteiger partial charge on any atom is -0.296 e. The second kappa shape index (κ2) is 10.4. The van der Waals surface area contributed by atoms with Crippen LogP contribution in [-0.2, 0) is 9.63 Å². The largest absolute Gasteiger partial charge is 0.296 e. The quantitative estimate of drug-likeness (QED) is 0.278. The summed E-state index contributed by atoms with van der Waals surface area (Å²) >= 11 is 0. The number of rotatable bonds is 5. The number of anilines is 1. The summed E-state index contributed by atoms with van der Waals surface area (Å²) in [5.41, 5.74) is 5.89. The molecular formula is C35H36N2O2. The van der Waals surface area contributed by atoms with Gasteiger partial charge in [-0.1, -0.05) is 108 Å².